The van der Waals surface area contributed by atoms with Crippen molar-refractivity contribution in [3.05, 3.63) is 108 Å². The van der Waals surface area contributed by atoms with Gasteiger partial charge in [0.05, 0.1) is 18.4 Å². The molecular weight excluding hydrogens is 466 g/mol. The van der Waals surface area contributed by atoms with Gasteiger partial charge in [0.15, 0.2) is 0 Å². The maximum absolute atomic E-state index is 12.1. The van der Waals surface area contributed by atoms with Crippen LogP contribution in [0.15, 0.2) is 91.0 Å². The Morgan fingerprint density at radius 3 is 1.69 bits per heavy atom. The Kier molecular flexibility index (Phi) is 9.59. The predicted octanol–water partition coefficient (Wildman–Crippen LogP) is 4.74. The minimum absolute atomic E-state index is 0.00132. The lowest BCUT2D eigenvalue weighted by Gasteiger charge is -2.36. The van der Waals surface area contributed by atoms with Crippen LogP contribution in [0.3, 0.4) is 0 Å². The van der Waals surface area contributed by atoms with Crippen molar-refractivity contribution in [2.45, 2.75) is 11.2 Å². The standard InChI is InChI=1S/C30H37N3O2S/c1-31(35-2)29(34)25-33-22-20-32(21-23-33)19-12-24-36-30(26-13-6-3-7-14-26,27-15-8-4-9-16-27)28-17-10-5-11-18-28/h3-11,13-18H,12,19-25H2,1-2H3. The van der Waals surface area contributed by atoms with Crippen LogP contribution in [0.2, 0.25) is 0 Å². The first-order valence-electron chi connectivity index (χ1n) is 12.7. The minimum atomic E-state index is -0.254. The zero-order valence-corrected chi connectivity index (χ0v) is 22.2. The molecule has 1 aliphatic heterocycles. The second-order valence-corrected chi connectivity index (χ2v) is 10.5. The highest BCUT2D eigenvalue weighted by Gasteiger charge is 2.36. The molecule has 0 atom stereocenters. The van der Waals surface area contributed by atoms with Crippen LogP contribution in [0.1, 0.15) is 23.1 Å². The van der Waals surface area contributed by atoms with E-state index in [1.807, 2.05) is 11.8 Å². The zero-order valence-electron chi connectivity index (χ0n) is 21.4. The Labute approximate surface area is 220 Å². The molecule has 36 heavy (non-hydrogen) atoms. The van der Waals surface area contributed by atoms with Gasteiger partial charge in [0, 0.05) is 33.2 Å². The molecule has 3 aromatic carbocycles. The monoisotopic (exact) mass is 503 g/mol. The zero-order chi connectivity index (χ0) is 25.2. The Bertz CT molecular complexity index is 961. The lowest BCUT2D eigenvalue weighted by molar-refractivity contribution is -0.170. The Hall–Kier alpha value is -2.64. The Morgan fingerprint density at radius 2 is 1.25 bits per heavy atom. The second-order valence-electron chi connectivity index (χ2n) is 9.17. The van der Waals surface area contributed by atoms with Crippen molar-refractivity contribution in [2.24, 2.45) is 0 Å². The summed E-state index contributed by atoms with van der Waals surface area (Å²) in [6.07, 6.45) is 1.12. The molecule has 4 rings (SSSR count). The van der Waals surface area contributed by atoms with Crippen molar-refractivity contribution in [1.29, 1.82) is 0 Å². The van der Waals surface area contributed by atoms with E-state index in [0.717, 1.165) is 44.9 Å². The molecule has 0 bridgehead atoms. The average molecular weight is 504 g/mol. The van der Waals surface area contributed by atoms with Crippen LogP contribution in [-0.2, 0) is 14.4 Å². The number of likely N-dealkylation sites (N-methyl/N-ethyl adjacent to an activating group) is 1. The third kappa shape index (κ3) is 6.37. The van der Waals surface area contributed by atoms with Gasteiger partial charge in [-0.25, -0.2) is 5.06 Å². The summed E-state index contributed by atoms with van der Waals surface area (Å²) < 4.78 is -0.254. The molecule has 0 aliphatic carbocycles. The largest absolute Gasteiger partial charge is 0.301 e. The number of piperazine rings is 1. The number of hydroxylamine groups is 2. The summed E-state index contributed by atoms with van der Waals surface area (Å²) in [4.78, 5) is 21.9. The van der Waals surface area contributed by atoms with E-state index in [1.54, 1.807) is 7.05 Å². The SMILES string of the molecule is CON(C)C(=O)CN1CCN(CCCSC(c2ccccc2)(c2ccccc2)c2ccccc2)CC1. The lowest BCUT2D eigenvalue weighted by atomic mass is 9.84. The molecule has 5 nitrogen and oxygen atoms in total. The normalized spacial score (nSPS) is 15.1. The van der Waals surface area contributed by atoms with Crippen molar-refractivity contribution >= 4 is 17.7 Å². The van der Waals surface area contributed by atoms with Gasteiger partial charge in [0.2, 0.25) is 0 Å². The number of amides is 1. The van der Waals surface area contributed by atoms with Crippen molar-refractivity contribution in [3.63, 3.8) is 0 Å². The molecule has 190 valence electrons. The average Bonchev–Trinajstić information content (AvgIpc) is 2.95. The van der Waals surface area contributed by atoms with Gasteiger partial charge in [-0.15, -0.1) is 11.8 Å². The number of rotatable bonds is 11. The summed E-state index contributed by atoms with van der Waals surface area (Å²) in [5, 5.41) is 1.31. The van der Waals surface area contributed by atoms with Gasteiger partial charge in [-0.1, -0.05) is 91.0 Å². The lowest BCUT2D eigenvalue weighted by Crippen LogP contribution is -2.49. The van der Waals surface area contributed by atoms with Crippen LogP contribution in [0.5, 0.6) is 0 Å². The molecule has 1 saturated heterocycles. The molecule has 0 unspecified atom stereocenters. The quantitative estimate of drug-likeness (QED) is 0.215. The first-order valence-corrected chi connectivity index (χ1v) is 13.7. The van der Waals surface area contributed by atoms with Crippen LogP contribution >= 0.6 is 11.8 Å². The maximum Gasteiger partial charge on any atom is 0.259 e. The molecule has 0 spiro atoms. The van der Waals surface area contributed by atoms with E-state index in [2.05, 4.69) is 101 Å². The van der Waals surface area contributed by atoms with Crippen LogP contribution in [0.4, 0.5) is 0 Å². The molecule has 3 aromatic rings. The fraction of sp³-hybridized carbons (Fsp3) is 0.367. The van der Waals surface area contributed by atoms with Crippen LogP contribution in [0, 0.1) is 0 Å². The van der Waals surface area contributed by atoms with E-state index >= 15 is 0 Å². The number of nitrogens with zero attached hydrogens (tertiary/aromatic N) is 3. The number of hydrogen-bond donors (Lipinski definition) is 0. The molecule has 0 aromatic heterocycles. The van der Waals surface area contributed by atoms with Gasteiger partial charge >= 0.3 is 0 Å². The van der Waals surface area contributed by atoms with Crippen LogP contribution in [0.25, 0.3) is 0 Å². The van der Waals surface area contributed by atoms with Crippen molar-refractivity contribution in [1.82, 2.24) is 14.9 Å². The van der Waals surface area contributed by atoms with Gasteiger partial charge in [-0.3, -0.25) is 14.5 Å². The van der Waals surface area contributed by atoms with Crippen molar-refractivity contribution < 1.29 is 9.63 Å². The molecule has 0 N–H and O–H groups in total. The molecule has 1 amide bonds. The third-order valence-corrected chi connectivity index (χ3v) is 8.56. The van der Waals surface area contributed by atoms with Gasteiger partial charge < -0.3 is 4.90 Å². The summed E-state index contributed by atoms with van der Waals surface area (Å²) in [5.41, 5.74) is 3.94. The predicted molar refractivity (Wildman–Crippen MR) is 149 cm³/mol. The van der Waals surface area contributed by atoms with Gasteiger partial charge in [-0.05, 0) is 35.4 Å². The van der Waals surface area contributed by atoms with Crippen molar-refractivity contribution in [3.8, 4) is 0 Å². The number of carbonyl (C=O) groups excluding carboxylic acids is 1. The third-order valence-electron chi connectivity index (χ3n) is 6.93. The molecule has 1 fully saturated rings. The smallest absolute Gasteiger partial charge is 0.259 e. The summed E-state index contributed by atoms with van der Waals surface area (Å²) >= 11 is 2.03. The highest BCUT2D eigenvalue weighted by molar-refractivity contribution is 8.00. The van der Waals surface area contributed by atoms with E-state index in [9.17, 15) is 4.79 Å². The van der Waals surface area contributed by atoms with E-state index in [0.29, 0.717) is 6.54 Å². The summed E-state index contributed by atoms with van der Waals surface area (Å²) in [5.74, 6) is 1.05. The Morgan fingerprint density at radius 1 is 0.806 bits per heavy atom. The van der Waals surface area contributed by atoms with E-state index in [1.165, 1.54) is 28.9 Å². The fourth-order valence-electron chi connectivity index (χ4n) is 4.85. The molecule has 0 radical (unpaired) electrons. The maximum atomic E-state index is 12.1. The molecular formula is C30H37N3O2S. The summed E-state index contributed by atoms with van der Waals surface area (Å²) in [7, 11) is 3.19. The minimum Gasteiger partial charge on any atom is -0.301 e. The number of carbonyl (C=O) groups is 1. The van der Waals surface area contributed by atoms with Gasteiger partial charge in [0.1, 0.15) is 0 Å². The van der Waals surface area contributed by atoms with Crippen LogP contribution < -0.4 is 0 Å². The highest BCUT2D eigenvalue weighted by Crippen LogP contribution is 2.48. The van der Waals surface area contributed by atoms with Crippen molar-refractivity contribution in [2.75, 3.05) is 59.2 Å². The first-order chi connectivity index (χ1) is 17.6. The number of thioether (sulfide) groups is 1. The molecule has 6 heteroatoms. The highest BCUT2D eigenvalue weighted by atomic mass is 32.2. The van der Waals surface area contributed by atoms with E-state index in [4.69, 9.17) is 4.84 Å². The van der Waals surface area contributed by atoms with Crippen LogP contribution in [-0.4, -0.2) is 79.9 Å². The van der Waals surface area contributed by atoms with Gasteiger partial charge in [-0.2, -0.15) is 0 Å². The summed E-state index contributed by atoms with van der Waals surface area (Å²) in [6, 6.07) is 32.7. The fourth-order valence-corrected chi connectivity index (χ4v) is 6.33. The van der Waals surface area contributed by atoms with E-state index in [-0.39, 0.29) is 10.7 Å². The Balaban J connectivity index is 1.41. The molecule has 1 heterocycles. The first kappa shape index (κ1) is 26.4. The second kappa shape index (κ2) is 13.1. The number of hydrogen-bond acceptors (Lipinski definition) is 5. The summed E-state index contributed by atoms with van der Waals surface area (Å²) in [6.45, 7) is 5.31. The molecule has 1 aliphatic rings. The van der Waals surface area contributed by atoms with Gasteiger partial charge in [0.25, 0.3) is 5.91 Å². The number of benzene rings is 3. The van der Waals surface area contributed by atoms with E-state index < -0.39 is 0 Å². The topological polar surface area (TPSA) is 36.0 Å². The molecule has 0 saturated carbocycles.